The van der Waals surface area contributed by atoms with Crippen molar-refractivity contribution in [3.63, 3.8) is 0 Å². The summed E-state index contributed by atoms with van der Waals surface area (Å²) in [6, 6.07) is 17.8. The number of para-hydroxylation sites is 1. The molecule has 0 saturated carbocycles. The molecule has 2 aromatic rings. The van der Waals surface area contributed by atoms with Crippen LogP contribution in [-0.2, 0) is 5.60 Å². The maximum Gasteiger partial charge on any atom is 0.119 e. The molecule has 1 heterocycles. The van der Waals surface area contributed by atoms with Gasteiger partial charge in [-0.25, -0.2) is 0 Å². The first-order chi connectivity index (χ1) is 13.2. The summed E-state index contributed by atoms with van der Waals surface area (Å²) in [4.78, 5) is 0. The van der Waals surface area contributed by atoms with Gasteiger partial charge >= 0.3 is 0 Å². The van der Waals surface area contributed by atoms with Crippen molar-refractivity contribution < 1.29 is 14.6 Å². The van der Waals surface area contributed by atoms with Crippen LogP contribution in [0.5, 0.6) is 11.5 Å². The lowest BCUT2D eigenvalue weighted by atomic mass is 9.83. The van der Waals surface area contributed by atoms with Crippen molar-refractivity contribution in [2.75, 3.05) is 19.8 Å². The number of aliphatic hydroxyl groups is 1. The molecule has 1 aliphatic rings. The summed E-state index contributed by atoms with van der Waals surface area (Å²) in [5.74, 6) is 1.72. The van der Waals surface area contributed by atoms with E-state index in [-0.39, 0.29) is 6.04 Å². The van der Waals surface area contributed by atoms with Crippen LogP contribution in [0.3, 0.4) is 0 Å². The molecule has 0 aromatic heterocycles. The topological polar surface area (TPSA) is 50.7 Å². The van der Waals surface area contributed by atoms with Gasteiger partial charge in [-0.3, -0.25) is 0 Å². The highest BCUT2D eigenvalue weighted by atomic mass is 16.5. The molecular weight excluding hydrogens is 338 g/mol. The van der Waals surface area contributed by atoms with Crippen LogP contribution in [0.1, 0.15) is 44.6 Å². The molecular formula is C23H31NO3. The van der Waals surface area contributed by atoms with E-state index in [4.69, 9.17) is 9.47 Å². The van der Waals surface area contributed by atoms with Crippen molar-refractivity contribution in [2.24, 2.45) is 0 Å². The highest BCUT2D eigenvalue weighted by molar-refractivity contribution is 5.33. The molecule has 3 rings (SSSR count). The normalized spacial score (nSPS) is 19.3. The summed E-state index contributed by atoms with van der Waals surface area (Å²) in [5.41, 5.74) is 0.0235. The largest absolute Gasteiger partial charge is 0.494 e. The van der Waals surface area contributed by atoms with E-state index in [1.54, 1.807) is 0 Å². The third-order valence-corrected chi connectivity index (χ3v) is 5.23. The first-order valence-electron chi connectivity index (χ1n) is 10.0. The Hall–Kier alpha value is -2.04. The van der Waals surface area contributed by atoms with Gasteiger partial charge in [0.1, 0.15) is 17.1 Å². The number of hydrogen-bond donors (Lipinski definition) is 2. The average molecular weight is 370 g/mol. The van der Waals surface area contributed by atoms with Gasteiger partial charge in [0.25, 0.3) is 0 Å². The van der Waals surface area contributed by atoms with E-state index in [1.165, 1.54) is 6.42 Å². The van der Waals surface area contributed by atoms with Gasteiger partial charge in [0.15, 0.2) is 0 Å². The number of piperidine rings is 1. The Labute approximate surface area is 162 Å². The van der Waals surface area contributed by atoms with E-state index < -0.39 is 5.60 Å². The molecule has 4 nitrogen and oxygen atoms in total. The van der Waals surface area contributed by atoms with E-state index in [9.17, 15) is 5.11 Å². The fraction of sp³-hybridized carbons (Fsp3) is 0.478. The summed E-state index contributed by atoms with van der Waals surface area (Å²) in [7, 11) is 0. The summed E-state index contributed by atoms with van der Waals surface area (Å²) < 4.78 is 11.6. The lowest BCUT2D eigenvalue weighted by Crippen LogP contribution is -2.49. The zero-order valence-corrected chi connectivity index (χ0v) is 16.2. The maximum atomic E-state index is 11.1. The van der Waals surface area contributed by atoms with Crippen molar-refractivity contribution in [1.29, 1.82) is 0 Å². The Morgan fingerprint density at radius 2 is 1.67 bits per heavy atom. The van der Waals surface area contributed by atoms with Crippen molar-refractivity contribution in [3.05, 3.63) is 60.2 Å². The maximum absolute atomic E-state index is 11.1. The van der Waals surface area contributed by atoms with Crippen LogP contribution >= 0.6 is 0 Å². The Morgan fingerprint density at radius 3 is 2.37 bits per heavy atom. The van der Waals surface area contributed by atoms with E-state index in [1.807, 2.05) is 61.5 Å². The van der Waals surface area contributed by atoms with Crippen molar-refractivity contribution in [2.45, 2.75) is 50.7 Å². The molecule has 0 amide bonds. The molecule has 0 aliphatic carbocycles. The Kier molecular flexibility index (Phi) is 7.13. The van der Waals surface area contributed by atoms with E-state index >= 15 is 0 Å². The van der Waals surface area contributed by atoms with Crippen molar-refractivity contribution in [1.82, 2.24) is 5.32 Å². The van der Waals surface area contributed by atoms with Crippen LogP contribution in [-0.4, -0.2) is 30.9 Å². The lowest BCUT2D eigenvalue weighted by Gasteiger charge is -2.37. The van der Waals surface area contributed by atoms with Crippen LogP contribution in [0, 0.1) is 0 Å². The fourth-order valence-corrected chi connectivity index (χ4v) is 3.53. The minimum absolute atomic E-state index is 0.0941. The Morgan fingerprint density at radius 1 is 0.963 bits per heavy atom. The van der Waals surface area contributed by atoms with Gasteiger partial charge < -0.3 is 19.9 Å². The van der Waals surface area contributed by atoms with Gasteiger partial charge in [0.2, 0.25) is 0 Å². The van der Waals surface area contributed by atoms with Gasteiger partial charge in [0, 0.05) is 6.04 Å². The van der Waals surface area contributed by atoms with Crippen molar-refractivity contribution in [3.8, 4) is 11.5 Å². The second kappa shape index (κ2) is 9.77. The van der Waals surface area contributed by atoms with E-state index in [2.05, 4.69) is 5.32 Å². The monoisotopic (exact) mass is 369 g/mol. The molecule has 146 valence electrons. The molecule has 27 heavy (non-hydrogen) atoms. The molecule has 1 aliphatic heterocycles. The smallest absolute Gasteiger partial charge is 0.119 e. The number of ether oxygens (including phenoxy) is 2. The number of benzene rings is 2. The minimum Gasteiger partial charge on any atom is -0.494 e. The SMILES string of the molecule is CC(O)(c1cccc(OCCCCOc2ccccc2)c1)C1CCCCN1. The van der Waals surface area contributed by atoms with Gasteiger partial charge in [-0.05, 0) is 69.0 Å². The Balaban J connectivity index is 1.43. The van der Waals surface area contributed by atoms with Gasteiger partial charge in [-0.1, -0.05) is 36.8 Å². The highest BCUT2D eigenvalue weighted by Gasteiger charge is 2.34. The average Bonchev–Trinajstić information content (AvgIpc) is 2.72. The molecule has 1 saturated heterocycles. The predicted molar refractivity (Wildman–Crippen MR) is 108 cm³/mol. The Bertz CT molecular complexity index is 681. The third kappa shape index (κ3) is 5.72. The zero-order chi connectivity index (χ0) is 19.0. The number of rotatable bonds is 9. The summed E-state index contributed by atoms with van der Waals surface area (Å²) in [6.45, 7) is 4.21. The predicted octanol–water partition coefficient (Wildman–Crippen LogP) is 4.27. The quantitative estimate of drug-likeness (QED) is 0.648. The fourth-order valence-electron chi connectivity index (χ4n) is 3.53. The van der Waals surface area contributed by atoms with E-state index in [0.29, 0.717) is 13.2 Å². The van der Waals surface area contributed by atoms with Crippen LogP contribution in [0.15, 0.2) is 54.6 Å². The van der Waals surface area contributed by atoms with Gasteiger partial charge in [0.05, 0.1) is 13.2 Å². The molecule has 1 fully saturated rings. The molecule has 2 aromatic carbocycles. The van der Waals surface area contributed by atoms with Gasteiger partial charge in [-0.15, -0.1) is 0 Å². The highest BCUT2D eigenvalue weighted by Crippen LogP contribution is 2.31. The number of hydrogen-bond acceptors (Lipinski definition) is 4. The van der Waals surface area contributed by atoms with Crippen LogP contribution in [0.25, 0.3) is 0 Å². The molecule has 0 radical (unpaired) electrons. The zero-order valence-electron chi connectivity index (χ0n) is 16.2. The number of unbranched alkanes of at least 4 members (excludes halogenated alkanes) is 1. The van der Waals surface area contributed by atoms with E-state index in [0.717, 1.165) is 49.3 Å². The van der Waals surface area contributed by atoms with Crippen LogP contribution in [0.2, 0.25) is 0 Å². The minimum atomic E-state index is -0.886. The molecule has 0 bridgehead atoms. The lowest BCUT2D eigenvalue weighted by molar-refractivity contribution is 0.00547. The molecule has 2 N–H and O–H groups in total. The summed E-state index contributed by atoms with van der Waals surface area (Å²) >= 11 is 0. The molecule has 4 heteroatoms. The molecule has 2 unspecified atom stereocenters. The first-order valence-corrected chi connectivity index (χ1v) is 10.0. The van der Waals surface area contributed by atoms with Gasteiger partial charge in [-0.2, -0.15) is 0 Å². The molecule has 2 atom stereocenters. The van der Waals surface area contributed by atoms with Crippen LogP contribution < -0.4 is 14.8 Å². The second-order valence-corrected chi connectivity index (χ2v) is 7.39. The molecule has 0 spiro atoms. The third-order valence-electron chi connectivity index (χ3n) is 5.23. The standard InChI is InChI=1S/C23H31NO3/c1-23(25,22-14-5-6-15-24-22)19-10-9-13-21(18-19)27-17-8-7-16-26-20-11-3-2-4-12-20/h2-4,9-13,18,22,24-25H,5-8,14-17H2,1H3. The summed E-state index contributed by atoms with van der Waals surface area (Å²) in [6.07, 6.45) is 5.22. The second-order valence-electron chi connectivity index (χ2n) is 7.39. The van der Waals surface area contributed by atoms with Crippen molar-refractivity contribution >= 4 is 0 Å². The summed E-state index contributed by atoms with van der Waals surface area (Å²) in [5, 5.41) is 14.5. The van der Waals surface area contributed by atoms with Crippen LogP contribution in [0.4, 0.5) is 0 Å². The first kappa shape index (κ1) is 19.7. The number of nitrogens with one attached hydrogen (secondary N) is 1.